The SMILES string of the molecule is COc1cccc(C2CC(=O)Nc3c(S(=O)(=O)c4ccccc4)csc32)c1OC. The summed E-state index contributed by atoms with van der Waals surface area (Å²) >= 11 is 1.32. The van der Waals surface area contributed by atoms with Crippen LogP contribution in [0.25, 0.3) is 0 Å². The van der Waals surface area contributed by atoms with Crippen LogP contribution < -0.4 is 14.8 Å². The first-order chi connectivity index (χ1) is 14.0. The van der Waals surface area contributed by atoms with E-state index >= 15 is 0 Å². The number of sulfone groups is 1. The Hall–Kier alpha value is -2.84. The summed E-state index contributed by atoms with van der Waals surface area (Å²) < 4.78 is 37.2. The summed E-state index contributed by atoms with van der Waals surface area (Å²) in [6.45, 7) is 0. The van der Waals surface area contributed by atoms with Crippen LogP contribution in [0, 0.1) is 0 Å². The van der Waals surface area contributed by atoms with Crippen LogP contribution in [-0.2, 0) is 14.6 Å². The van der Waals surface area contributed by atoms with Crippen molar-refractivity contribution in [3.63, 3.8) is 0 Å². The molecule has 1 N–H and O–H groups in total. The van der Waals surface area contributed by atoms with E-state index in [1.165, 1.54) is 11.3 Å². The van der Waals surface area contributed by atoms with Gasteiger partial charge in [0.2, 0.25) is 15.7 Å². The van der Waals surface area contributed by atoms with Gasteiger partial charge in [0, 0.05) is 28.2 Å². The van der Waals surface area contributed by atoms with Crippen molar-refractivity contribution in [2.75, 3.05) is 19.5 Å². The fourth-order valence-corrected chi connectivity index (χ4v) is 6.49. The standard InChI is InChI=1S/C21H19NO5S2/c1-26-16-10-6-9-14(20(16)27-2)15-11-18(23)22-19-17(12-28-21(15)19)29(24,25)13-7-4-3-5-8-13/h3-10,12,15H,11H2,1-2H3,(H,22,23). The lowest BCUT2D eigenvalue weighted by molar-refractivity contribution is -0.116. The minimum atomic E-state index is -3.75. The zero-order chi connectivity index (χ0) is 20.6. The molecule has 1 unspecified atom stereocenters. The first-order valence-corrected chi connectivity index (χ1v) is 11.3. The smallest absolute Gasteiger partial charge is 0.225 e. The van der Waals surface area contributed by atoms with Crippen molar-refractivity contribution in [1.82, 2.24) is 0 Å². The zero-order valence-electron chi connectivity index (χ0n) is 15.8. The van der Waals surface area contributed by atoms with E-state index in [1.54, 1.807) is 56.0 Å². The van der Waals surface area contributed by atoms with Crippen LogP contribution in [0.1, 0.15) is 22.8 Å². The average molecular weight is 430 g/mol. The third kappa shape index (κ3) is 3.28. The molecule has 2 heterocycles. The second kappa shape index (κ2) is 7.53. The van der Waals surface area contributed by atoms with E-state index in [0.717, 1.165) is 10.4 Å². The molecule has 0 spiro atoms. The number of carbonyl (C=O) groups is 1. The molecule has 0 saturated carbocycles. The number of hydrogen-bond donors (Lipinski definition) is 1. The van der Waals surface area contributed by atoms with Gasteiger partial charge in [0.15, 0.2) is 11.5 Å². The molecule has 6 nitrogen and oxygen atoms in total. The maximum atomic E-state index is 13.2. The van der Waals surface area contributed by atoms with Gasteiger partial charge in [-0.1, -0.05) is 30.3 Å². The number of anilines is 1. The molecule has 0 radical (unpaired) electrons. The normalized spacial score (nSPS) is 16.1. The Morgan fingerprint density at radius 2 is 1.79 bits per heavy atom. The molecule has 8 heteroatoms. The Bertz CT molecular complexity index is 1170. The predicted molar refractivity (Wildman–Crippen MR) is 111 cm³/mol. The van der Waals surface area contributed by atoms with Crippen molar-refractivity contribution in [1.29, 1.82) is 0 Å². The van der Waals surface area contributed by atoms with Crippen molar-refractivity contribution in [3.8, 4) is 11.5 Å². The van der Waals surface area contributed by atoms with Crippen molar-refractivity contribution < 1.29 is 22.7 Å². The van der Waals surface area contributed by atoms with E-state index in [1.807, 2.05) is 12.1 Å². The average Bonchev–Trinajstić information content (AvgIpc) is 3.17. The lowest BCUT2D eigenvalue weighted by Gasteiger charge is -2.25. The lowest BCUT2D eigenvalue weighted by atomic mass is 9.89. The molecule has 1 atom stereocenters. The largest absolute Gasteiger partial charge is 0.493 e. The van der Waals surface area contributed by atoms with Gasteiger partial charge in [0.1, 0.15) is 4.90 Å². The van der Waals surface area contributed by atoms with E-state index in [0.29, 0.717) is 17.2 Å². The van der Waals surface area contributed by atoms with Crippen LogP contribution in [-0.4, -0.2) is 28.5 Å². The number of amides is 1. The Balaban J connectivity index is 1.87. The van der Waals surface area contributed by atoms with Crippen molar-refractivity contribution in [2.24, 2.45) is 0 Å². The molecule has 4 rings (SSSR count). The number of ether oxygens (including phenoxy) is 2. The molecule has 1 aliphatic heterocycles. The molecule has 1 aliphatic rings. The second-order valence-corrected chi connectivity index (χ2v) is 9.37. The molecule has 1 amide bonds. The minimum Gasteiger partial charge on any atom is -0.493 e. The highest BCUT2D eigenvalue weighted by molar-refractivity contribution is 7.91. The fourth-order valence-electron chi connectivity index (χ4n) is 3.57. The van der Waals surface area contributed by atoms with E-state index in [9.17, 15) is 13.2 Å². The third-order valence-electron chi connectivity index (χ3n) is 4.91. The summed E-state index contributed by atoms with van der Waals surface area (Å²) in [6.07, 6.45) is 0.196. The van der Waals surface area contributed by atoms with Crippen molar-refractivity contribution >= 4 is 32.8 Å². The van der Waals surface area contributed by atoms with Crippen molar-refractivity contribution in [3.05, 3.63) is 64.4 Å². The molecule has 2 aromatic carbocycles. The number of para-hydroxylation sites is 1. The van der Waals surface area contributed by atoms with Crippen molar-refractivity contribution in [2.45, 2.75) is 22.1 Å². The molecule has 3 aromatic rings. The summed E-state index contributed by atoms with van der Waals surface area (Å²) in [4.78, 5) is 13.6. The van der Waals surface area contributed by atoms with Crippen LogP contribution in [0.4, 0.5) is 5.69 Å². The molecule has 0 aliphatic carbocycles. The van der Waals surface area contributed by atoms with Gasteiger partial charge in [-0.05, 0) is 18.2 Å². The van der Waals surface area contributed by atoms with E-state index < -0.39 is 9.84 Å². The van der Waals surface area contributed by atoms with Gasteiger partial charge >= 0.3 is 0 Å². The van der Waals surface area contributed by atoms with Gasteiger partial charge in [-0.3, -0.25) is 4.79 Å². The van der Waals surface area contributed by atoms with Gasteiger partial charge in [-0.15, -0.1) is 11.3 Å². The second-order valence-electron chi connectivity index (χ2n) is 6.54. The van der Waals surface area contributed by atoms with E-state index in [4.69, 9.17) is 9.47 Å². The first kappa shape index (κ1) is 19.5. The molecule has 0 fully saturated rings. The Kier molecular flexibility index (Phi) is 5.06. The minimum absolute atomic E-state index is 0.114. The summed E-state index contributed by atoms with van der Waals surface area (Å²) in [5.74, 6) is 0.538. The number of thiophene rings is 1. The van der Waals surface area contributed by atoms with Gasteiger partial charge in [0.05, 0.1) is 24.8 Å². The topological polar surface area (TPSA) is 81.7 Å². The number of hydrogen-bond acceptors (Lipinski definition) is 6. The monoisotopic (exact) mass is 429 g/mol. The zero-order valence-corrected chi connectivity index (χ0v) is 17.5. The Morgan fingerprint density at radius 3 is 2.48 bits per heavy atom. The highest BCUT2D eigenvalue weighted by Crippen LogP contribution is 2.49. The predicted octanol–water partition coefficient (Wildman–Crippen LogP) is 4.07. The van der Waals surface area contributed by atoms with E-state index in [2.05, 4.69) is 5.32 Å². The quantitative estimate of drug-likeness (QED) is 0.661. The van der Waals surface area contributed by atoms with Gasteiger partial charge in [-0.2, -0.15) is 0 Å². The molecule has 0 bridgehead atoms. The maximum Gasteiger partial charge on any atom is 0.225 e. The first-order valence-electron chi connectivity index (χ1n) is 8.89. The summed E-state index contributed by atoms with van der Waals surface area (Å²) in [5, 5.41) is 4.37. The number of benzene rings is 2. The van der Waals surface area contributed by atoms with Gasteiger partial charge < -0.3 is 14.8 Å². The van der Waals surface area contributed by atoms with Crippen LogP contribution in [0.2, 0.25) is 0 Å². The molecule has 1 aromatic heterocycles. The molecule has 150 valence electrons. The molecular weight excluding hydrogens is 410 g/mol. The molecule has 29 heavy (non-hydrogen) atoms. The van der Waals surface area contributed by atoms with E-state index in [-0.39, 0.29) is 28.0 Å². The fraction of sp³-hybridized carbons (Fsp3) is 0.190. The molecular formula is C21H19NO5S2. The van der Waals surface area contributed by atoms with Crippen LogP contribution in [0.3, 0.4) is 0 Å². The lowest BCUT2D eigenvalue weighted by Crippen LogP contribution is -2.23. The summed E-state index contributed by atoms with van der Waals surface area (Å²) in [5.41, 5.74) is 1.14. The number of carbonyl (C=O) groups excluding carboxylic acids is 1. The van der Waals surface area contributed by atoms with Crippen LogP contribution in [0.15, 0.2) is 63.7 Å². The maximum absolute atomic E-state index is 13.2. The summed E-state index contributed by atoms with van der Waals surface area (Å²) in [7, 11) is -0.656. The van der Waals surface area contributed by atoms with Crippen LogP contribution >= 0.6 is 11.3 Å². The number of methoxy groups -OCH3 is 2. The van der Waals surface area contributed by atoms with Gasteiger partial charge in [0.25, 0.3) is 0 Å². The molecule has 0 saturated heterocycles. The van der Waals surface area contributed by atoms with Crippen LogP contribution in [0.5, 0.6) is 11.5 Å². The summed E-state index contributed by atoms with van der Waals surface area (Å²) in [6, 6.07) is 13.7. The van der Waals surface area contributed by atoms with Gasteiger partial charge in [-0.25, -0.2) is 8.42 Å². The third-order valence-corrected chi connectivity index (χ3v) is 7.95. The number of nitrogens with one attached hydrogen (secondary N) is 1. The Labute approximate surface area is 173 Å². The number of rotatable bonds is 5. The number of fused-ring (bicyclic) bond motifs is 1. The highest BCUT2D eigenvalue weighted by Gasteiger charge is 2.36. The Morgan fingerprint density at radius 1 is 1.03 bits per heavy atom. The highest BCUT2D eigenvalue weighted by atomic mass is 32.2.